The minimum atomic E-state index is -0.357. The van der Waals surface area contributed by atoms with E-state index in [9.17, 15) is 14.0 Å². The summed E-state index contributed by atoms with van der Waals surface area (Å²) in [6.45, 7) is 6.41. The standard InChI is InChI=1S/C17H23FN2O2/c1-3-19(4-2)17(22)14-6-5-11-20(12-14)16(21)13-7-9-15(18)10-8-13/h7-10,14H,3-6,11-12H2,1-2H3/t14-/m1/s1. The Morgan fingerprint density at radius 1 is 1.23 bits per heavy atom. The van der Waals surface area contributed by atoms with E-state index in [0.717, 1.165) is 12.8 Å². The van der Waals surface area contributed by atoms with Crippen LogP contribution in [-0.2, 0) is 4.79 Å². The van der Waals surface area contributed by atoms with Crippen LogP contribution in [0.15, 0.2) is 24.3 Å². The Balaban J connectivity index is 2.05. The number of hydrogen-bond acceptors (Lipinski definition) is 2. The topological polar surface area (TPSA) is 40.6 Å². The first-order valence-electron chi connectivity index (χ1n) is 7.90. The summed E-state index contributed by atoms with van der Waals surface area (Å²) in [6, 6.07) is 5.56. The van der Waals surface area contributed by atoms with Gasteiger partial charge in [0.2, 0.25) is 5.91 Å². The summed E-state index contributed by atoms with van der Waals surface area (Å²) in [5, 5.41) is 0. The molecular formula is C17H23FN2O2. The summed E-state index contributed by atoms with van der Waals surface area (Å²) in [6.07, 6.45) is 1.65. The maximum Gasteiger partial charge on any atom is 0.253 e. The van der Waals surface area contributed by atoms with Gasteiger partial charge in [-0.2, -0.15) is 0 Å². The van der Waals surface area contributed by atoms with Crippen LogP contribution in [0, 0.1) is 11.7 Å². The molecule has 1 aliphatic heterocycles. The number of carbonyl (C=O) groups is 2. The van der Waals surface area contributed by atoms with Crippen molar-refractivity contribution in [2.75, 3.05) is 26.2 Å². The summed E-state index contributed by atoms with van der Waals surface area (Å²) in [5.41, 5.74) is 0.470. The van der Waals surface area contributed by atoms with Crippen LogP contribution in [0.1, 0.15) is 37.0 Å². The van der Waals surface area contributed by atoms with Crippen molar-refractivity contribution in [1.29, 1.82) is 0 Å². The van der Waals surface area contributed by atoms with Gasteiger partial charge in [0, 0.05) is 31.7 Å². The molecule has 0 N–H and O–H groups in total. The fourth-order valence-electron chi connectivity index (χ4n) is 2.93. The van der Waals surface area contributed by atoms with Crippen LogP contribution in [0.5, 0.6) is 0 Å². The number of likely N-dealkylation sites (tertiary alicyclic amines) is 1. The lowest BCUT2D eigenvalue weighted by atomic mass is 9.95. The molecule has 5 heteroatoms. The number of nitrogens with zero attached hydrogens (tertiary/aromatic N) is 2. The number of piperidine rings is 1. The van der Waals surface area contributed by atoms with Crippen molar-refractivity contribution in [3.8, 4) is 0 Å². The van der Waals surface area contributed by atoms with Gasteiger partial charge in [-0.25, -0.2) is 4.39 Å². The van der Waals surface area contributed by atoms with Crippen LogP contribution in [0.3, 0.4) is 0 Å². The maximum absolute atomic E-state index is 13.0. The molecule has 0 aliphatic carbocycles. The van der Waals surface area contributed by atoms with Gasteiger partial charge in [-0.3, -0.25) is 9.59 Å². The van der Waals surface area contributed by atoms with E-state index < -0.39 is 0 Å². The predicted octanol–water partition coefficient (Wildman–Crippen LogP) is 2.55. The number of amides is 2. The SMILES string of the molecule is CCN(CC)C(=O)[C@@H]1CCCN(C(=O)c2ccc(F)cc2)C1. The molecular weight excluding hydrogens is 283 g/mol. The summed E-state index contributed by atoms with van der Waals surface area (Å²) >= 11 is 0. The van der Waals surface area contributed by atoms with Gasteiger partial charge in [0.05, 0.1) is 5.92 Å². The van der Waals surface area contributed by atoms with E-state index in [1.165, 1.54) is 24.3 Å². The number of halogens is 1. The average molecular weight is 306 g/mol. The normalized spacial score (nSPS) is 18.1. The first-order chi connectivity index (χ1) is 10.6. The van der Waals surface area contributed by atoms with Gasteiger partial charge in [-0.1, -0.05) is 0 Å². The number of benzene rings is 1. The molecule has 2 rings (SSSR count). The van der Waals surface area contributed by atoms with Crippen molar-refractivity contribution in [1.82, 2.24) is 9.80 Å². The molecule has 1 aromatic rings. The summed E-state index contributed by atoms with van der Waals surface area (Å²) in [7, 11) is 0. The molecule has 4 nitrogen and oxygen atoms in total. The molecule has 0 saturated carbocycles. The third kappa shape index (κ3) is 3.64. The fourth-order valence-corrected chi connectivity index (χ4v) is 2.93. The van der Waals surface area contributed by atoms with E-state index in [0.29, 0.717) is 31.7 Å². The van der Waals surface area contributed by atoms with Crippen molar-refractivity contribution in [2.24, 2.45) is 5.92 Å². The molecule has 0 radical (unpaired) electrons. The van der Waals surface area contributed by atoms with Crippen molar-refractivity contribution in [3.63, 3.8) is 0 Å². The lowest BCUT2D eigenvalue weighted by molar-refractivity contribution is -0.136. The van der Waals surface area contributed by atoms with E-state index in [1.54, 1.807) is 4.90 Å². The van der Waals surface area contributed by atoms with Gasteiger partial charge >= 0.3 is 0 Å². The molecule has 1 fully saturated rings. The zero-order chi connectivity index (χ0) is 16.1. The van der Waals surface area contributed by atoms with Gasteiger partial charge in [0.25, 0.3) is 5.91 Å². The Morgan fingerprint density at radius 3 is 2.45 bits per heavy atom. The Morgan fingerprint density at radius 2 is 1.86 bits per heavy atom. The molecule has 2 amide bonds. The van der Waals surface area contributed by atoms with Crippen molar-refractivity contribution in [3.05, 3.63) is 35.6 Å². The molecule has 1 heterocycles. The van der Waals surface area contributed by atoms with Crippen molar-refractivity contribution in [2.45, 2.75) is 26.7 Å². The quantitative estimate of drug-likeness (QED) is 0.858. The Labute approximate surface area is 130 Å². The van der Waals surface area contributed by atoms with Crippen LogP contribution in [0.25, 0.3) is 0 Å². The van der Waals surface area contributed by atoms with Gasteiger partial charge in [-0.05, 0) is 51.0 Å². The lowest BCUT2D eigenvalue weighted by Gasteiger charge is -2.34. The van der Waals surface area contributed by atoms with Crippen molar-refractivity contribution < 1.29 is 14.0 Å². The second kappa shape index (κ2) is 7.38. The number of rotatable bonds is 4. The Bertz CT molecular complexity index is 526. The molecule has 0 bridgehead atoms. The minimum absolute atomic E-state index is 0.126. The summed E-state index contributed by atoms with van der Waals surface area (Å²) < 4.78 is 13.0. The third-order valence-electron chi connectivity index (χ3n) is 4.22. The largest absolute Gasteiger partial charge is 0.343 e. The molecule has 0 aromatic heterocycles. The van der Waals surface area contributed by atoms with E-state index in [2.05, 4.69) is 0 Å². The van der Waals surface area contributed by atoms with E-state index >= 15 is 0 Å². The van der Waals surface area contributed by atoms with Crippen LogP contribution in [0.4, 0.5) is 4.39 Å². The van der Waals surface area contributed by atoms with E-state index in [-0.39, 0.29) is 23.5 Å². The van der Waals surface area contributed by atoms with Crippen LogP contribution < -0.4 is 0 Å². The lowest BCUT2D eigenvalue weighted by Crippen LogP contribution is -2.46. The third-order valence-corrected chi connectivity index (χ3v) is 4.22. The molecule has 1 aromatic carbocycles. The molecule has 0 unspecified atom stereocenters. The molecule has 1 aliphatic rings. The monoisotopic (exact) mass is 306 g/mol. The van der Waals surface area contributed by atoms with E-state index in [1.807, 2.05) is 18.7 Å². The van der Waals surface area contributed by atoms with Gasteiger partial charge < -0.3 is 9.80 Å². The first kappa shape index (κ1) is 16.5. The first-order valence-corrected chi connectivity index (χ1v) is 7.90. The highest BCUT2D eigenvalue weighted by molar-refractivity contribution is 5.94. The second-order valence-electron chi connectivity index (χ2n) is 5.61. The molecule has 120 valence electrons. The predicted molar refractivity (Wildman–Crippen MR) is 83.0 cm³/mol. The average Bonchev–Trinajstić information content (AvgIpc) is 2.56. The van der Waals surface area contributed by atoms with Crippen LogP contribution in [-0.4, -0.2) is 47.8 Å². The van der Waals surface area contributed by atoms with Gasteiger partial charge in [0.15, 0.2) is 0 Å². The fraction of sp³-hybridized carbons (Fsp3) is 0.529. The zero-order valence-corrected chi connectivity index (χ0v) is 13.2. The number of carbonyl (C=O) groups excluding carboxylic acids is 2. The molecule has 1 saturated heterocycles. The summed E-state index contributed by atoms with van der Waals surface area (Å²) in [5.74, 6) is -0.485. The highest BCUT2D eigenvalue weighted by atomic mass is 19.1. The maximum atomic E-state index is 13.0. The molecule has 22 heavy (non-hydrogen) atoms. The summed E-state index contributed by atoms with van der Waals surface area (Å²) in [4.78, 5) is 28.4. The van der Waals surface area contributed by atoms with Crippen molar-refractivity contribution >= 4 is 11.8 Å². The highest BCUT2D eigenvalue weighted by Gasteiger charge is 2.30. The highest BCUT2D eigenvalue weighted by Crippen LogP contribution is 2.21. The molecule has 0 spiro atoms. The minimum Gasteiger partial charge on any atom is -0.343 e. The van der Waals surface area contributed by atoms with Crippen LogP contribution in [0.2, 0.25) is 0 Å². The van der Waals surface area contributed by atoms with E-state index in [4.69, 9.17) is 0 Å². The second-order valence-corrected chi connectivity index (χ2v) is 5.61. The van der Waals surface area contributed by atoms with Gasteiger partial charge in [0.1, 0.15) is 5.82 Å². The van der Waals surface area contributed by atoms with Gasteiger partial charge in [-0.15, -0.1) is 0 Å². The Kier molecular flexibility index (Phi) is 5.52. The van der Waals surface area contributed by atoms with Crippen LogP contribution >= 0.6 is 0 Å². The zero-order valence-electron chi connectivity index (χ0n) is 13.2. The number of hydrogen-bond donors (Lipinski definition) is 0. The smallest absolute Gasteiger partial charge is 0.253 e. The molecule has 1 atom stereocenters. The Hall–Kier alpha value is -1.91.